The Morgan fingerprint density at radius 1 is 1.45 bits per heavy atom. The van der Waals surface area contributed by atoms with Crippen molar-refractivity contribution in [3.8, 4) is 5.75 Å². The Bertz CT molecular complexity index is 542. The van der Waals surface area contributed by atoms with Crippen molar-refractivity contribution in [3.63, 3.8) is 0 Å². The van der Waals surface area contributed by atoms with E-state index in [-0.39, 0.29) is 11.4 Å². The third kappa shape index (κ3) is 2.98. The summed E-state index contributed by atoms with van der Waals surface area (Å²) in [7, 11) is 1.66. The Morgan fingerprint density at radius 3 is 3.14 bits per heavy atom. The minimum absolute atomic E-state index is 0.0978. The molecule has 1 amide bonds. The van der Waals surface area contributed by atoms with Crippen LogP contribution in [0.2, 0.25) is 0 Å². The number of amides is 1. The number of rotatable bonds is 3. The van der Waals surface area contributed by atoms with E-state index in [1.807, 2.05) is 24.3 Å². The molecule has 2 aliphatic heterocycles. The van der Waals surface area contributed by atoms with E-state index in [0.717, 1.165) is 43.7 Å². The monoisotopic (exact) mass is 302 g/mol. The molecule has 0 aromatic heterocycles. The smallest absolute Gasteiger partial charge is 0.227 e. The van der Waals surface area contributed by atoms with E-state index in [9.17, 15) is 4.79 Å². The molecule has 3 rings (SSSR count). The molecule has 2 aliphatic rings. The van der Waals surface area contributed by atoms with Crippen LogP contribution < -0.4 is 10.1 Å². The van der Waals surface area contributed by atoms with Crippen molar-refractivity contribution in [2.75, 3.05) is 20.2 Å². The van der Waals surface area contributed by atoms with Crippen LogP contribution in [-0.4, -0.2) is 42.6 Å². The molecule has 0 radical (unpaired) electrons. The number of carbonyl (C=O) groups is 1. The lowest BCUT2D eigenvalue weighted by molar-refractivity contribution is -0.137. The van der Waals surface area contributed by atoms with Crippen LogP contribution in [0.1, 0.15) is 38.2 Å². The molecule has 1 aromatic carbocycles. The first-order valence-corrected chi connectivity index (χ1v) is 8.30. The third-order valence-electron chi connectivity index (χ3n) is 5.20. The van der Waals surface area contributed by atoms with E-state index in [1.54, 1.807) is 7.11 Å². The van der Waals surface area contributed by atoms with E-state index in [4.69, 9.17) is 4.74 Å². The predicted molar refractivity (Wildman–Crippen MR) is 87.1 cm³/mol. The first-order chi connectivity index (χ1) is 10.6. The molecule has 0 spiro atoms. The average Bonchev–Trinajstić information content (AvgIpc) is 2.53. The van der Waals surface area contributed by atoms with Crippen molar-refractivity contribution < 1.29 is 9.53 Å². The van der Waals surface area contributed by atoms with Crippen LogP contribution in [0.3, 0.4) is 0 Å². The largest absolute Gasteiger partial charge is 0.497 e. The van der Waals surface area contributed by atoms with Crippen LogP contribution in [0.5, 0.6) is 5.75 Å². The van der Waals surface area contributed by atoms with Gasteiger partial charge in [0.15, 0.2) is 0 Å². The standard InChI is InChI=1S/C18H26N2O2/c1-18-9-5-11-20(16(18)8-4-10-19-18)17(21)13-14-6-3-7-15(12-14)22-2/h3,6-7,12,16,19H,4-5,8-11,13H2,1-2H3/t16-,18+/m1/s1. The average molecular weight is 302 g/mol. The van der Waals surface area contributed by atoms with E-state index in [1.165, 1.54) is 6.42 Å². The van der Waals surface area contributed by atoms with Gasteiger partial charge in [-0.15, -0.1) is 0 Å². The first-order valence-electron chi connectivity index (χ1n) is 8.30. The van der Waals surface area contributed by atoms with Crippen molar-refractivity contribution in [1.82, 2.24) is 10.2 Å². The number of methoxy groups -OCH3 is 1. The van der Waals surface area contributed by atoms with Crippen LogP contribution in [-0.2, 0) is 11.2 Å². The lowest BCUT2D eigenvalue weighted by Crippen LogP contribution is -2.66. The molecule has 2 atom stereocenters. The van der Waals surface area contributed by atoms with Gasteiger partial charge in [0, 0.05) is 18.1 Å². The Balaban J connectivity index is 1.73. The van der Waals surface area contributed by atoms with Gasteiger partial charge in [-0.2, -0.15) is 0 Å². The van der Waals surface area contributed by atoms with Crippen LogP contribution >= 0.6 is 0 Å². The predicted octanol–water partition coefficient (Wildman–Crippen LogP) is 2.37. The van der Waals surface area contributed by atoms with Gasteiger partial charge in [0.05, 0.1) is 13.5 Å². The van der Waals surface area contributed by atoms with Gasteiger partial charge in [0.2, 0.25) is 5.91 Å². The zero-order chi connectivity index (χ0) is 15.6. The van der Waals surface area contributed by atoms with Crippen LogP contribution in [0, 0.1) is 0 Å². The zero-order valence-corrected chi connectivity index (χ0v) is 13.6. The number of ether oxygens (including phenoxy) is 1. The highest BCUT2D eigenvalue weighted by molar-refractivity contribution is 5.79. The summed E-state index contributed by atoms with van der Waals surface area (Å²) in [5, 5.41) is 3.65. The minimum atomic E-state index is 0.0978. The maximum absolute atomic E-state index is 12.8. The lowest BCUT2D eigenvalue weighted by atomic mass is 9.77. The lowest BCUT2D eigenvalue weighted by Gasteiger charge is -2.51. The van der Waals surface area contributed by atoms with Gasteiger partial charge in [0.25, 0.3) is 0 Å². The molecule has 2 saturated heterocycles. The summed E-state index contributed by atoms with van der Waals surface area (Å²) in [6.45, 7) is 4.25. The summed E-state index contributed by atoms with van der Waals surface area (Å²) >= 11 is 0. The molecule has 4 heteroatoms. The molecule has 0 bridgehead atoms. The normalized spacial score (nSPS) is 28.1. The van der Waals surface area contributed by atoms with Gasteiger partial charge in [-0.1, -0.05) is 12.1 Å². The van der Waals surface area contributed by atoms with Crippen molar-refractivity contribution in [2.24, 2.45) is 0 Å². The molecule has 0 aliphatic carbocycles. The van der Waals surface area contributed by atoms with Crippen molar-refractivity contribution in [2.45, 2.75) is 50.6 Å². The summed E-state index contributed by atoms with van der Waals surface area (Å²) in [6, 6.07) is 8.16. The van der Waals surface area contributed by atoms with Gasteiger partial charge in [-0.3, -0.25) is 4.79 Å². The maximum atomic E-state index is 12.8. The Morgan fingerprint density at radius 2 is 2.32 bits per heavy atom. The summed E-state index contributed by atoms with van der Waals surface area (Å²) in [5.74, 6) is 1.06. The number of carbonyl (C=O) groups excluding carboxylic acids is 1. The van der Waals surface area contributed by atoms with Crippen LogP contribution in [0.15, 0.2) is 24.3 Å². The topological polar surface area (TPSA) is 41.6 Å². The second kappa shape index (κ2) is 6.29. The molecular formula is C18H26N2O2. The maximum Gasteiger partial charge on any atom is 0.227 e. The SMILES string of the molecule is COc1cccc(CC(=O)N2CCC[C@]3(C)NCCC[C@@H]23)c1. The zero-order valence-electron chi connectivity index (χ0n) is 13.6. The van der Waals surface area contributed by atoms with Gasteiger partial charge >= 0.3 is 0 Å². The van der Waals surface area contributed by atoms with E-state index in [2.05, 4.69) is 17.1 Å². The van der Waals surface area contributed by atoms with Crippen molar-refractivity contribution >= 4 is 5.91 Å². The Labute approximate surface area is 132 Å². The number of hydrogen-bond acceptors (Lipinski definition) is 3. The van der Waals surface area contributed by atoms with Gasteiger partial charge in [-0.25, -0.2) is 0 Å². The fourth-order valence-corrected chi connectivity index (χ4v) is 3.99. The summed E-state index contributed by atoms with van der Waals surface area (Å²) in [6.07, 6.45) is 4.99. The first kappa shape index (κ1) is 15.3. The highest BCUT2D eigenvalue weighted by Crippen LogP contribution is 2.33. The highest BCUT2D eigenvalue weighted by atomic mass is 16.5. The Kier molecular flexibility index (Phi) is 4.39. The number of likely N-dealkylation sites (tertiary alicyclic amines) is 1. The molecule has 1 N–H and O–H groups in total. The molecule has 2 heterocycles. The van der Waals surface area contributed by atoms with Crippen LogP contribution in [0.25, 0.3) is 0 Å². The molecule has 120 valence electrons. The summed E-state index contributed by atoms with van der Waals surface area (Å²) in [4.78, 5) is 14.9. The number of benzene rings is 1. The van der Waals surface area contributed by atoms with E-state index >= 15 is 0 Å². The molecule has 0 unspecified atom stereocenters. The van der Waals surface area contributed by atoms with Crippen molar-refractivity contribution in [3.05, 3.63) is 29.8 Å². The van der Waals surface area contributed by atoms with Gasteiger partial charge in [0.1, 0.15) is 5.75 Å². The number of nitrogens with one attached hydrogen (secondary N) is 1. The summed E-state index contributed by atoms with van der Waals surface area (Å²) in [5.41, 5.74) is 1.13. The second-order valence-corrected chi connectivity index (χ2v) is 6.72. The molecule has 22 heavy (non-hydrogen) atoms. The molecular weight excluding hydrogens is 276 g/mol. The van der Waals surface area contributed by atoms with Gasteiger partial charge < -0.3 is 15.0 Å². The minimum Gasteiger partial charge on any atom is -0.497 e. The fraction of sp³-hybridized carbons (Fsp3) is 0.611. The highest BCUT2D eigenvalue weighted by Gasteiger charge is 2.43. The van der Waals surface area contributed by atoms with E-state index in [0.29, 0.717) is 12.5 Å². The molecule has 0 saturated carbocycles. The number of nitrogens with zero attached hydrogens (tertiary/aromatic N) is 1. The molecule has 2 fully saturated rings. The quantitative estimate of drug-likeness (QED) is 0.932. The second-order valence-electron chi connectivity index (χ2n) is 6.72. The molecule has 1 aromatic rings. The number of fused-ring (bicyclic) bond motifs is 1. The summed E-state index contributed by atoms with van der Waals surface area (Å²) < 4.78 is 5.25. The van der Waals surface area contributed by atoms with E-state index < -0.39 is 0 Å². The van der Waals surface area contributed by atoms with Crippen LogP contribution in [0.4, 0.5) is 0 Å². The third-order valence-corrected chi connectivity index (χ3v) is 5.20. The Hall–Kier alpha value is -1.55. The number of piperidine rings is 2. The number of hydrogen-bond donors (Lipinski definition) is 1. The fourth-order valence-electron chi connectivity index (χ4n) is 3.99. The van der Waals surface area contributed by atoms with Gasteiger partial charge in [-0.05, 0) is 56.8 Å². The van der Waals surface area contributed by atoms with Crippen molar-refractivity contribution in [1.29, 1.82) is 0 Å². The molecule has 4 nitrogen and oxygen atoms in total.